The Hall–Kier alpha value is -3.25. The van der Waals surface area contributed by atoms with Crippen molar-refractivity contribution in [3.05, 3.63) is 89.5 Å². The van der Waals surface area contributed by atoms with E-state index in [0.717, 1.165) is 50.9 Å². The molecule has 1 saturated heterocycles. The van der Waals surface area contributed by atoms with Gasteiger partial charge in [0, 0.05) is 12.1 Å². The second-order valence-electron chi connectivity index (χ2n) is 9.78. The van der Waals surface area contributed by atoms with Crippen molar-refractivity contribution in [3.63, 3.8) is 0 Å². The van der Waals surface area contributed by atoms with Crippen LogP contribution in [0, 0.1) is 0 Å². The summed E-state index contributed by atoms with van der Waals surface area (Å²) in [7, 11) is 0. The maximum Gasteiger partial charge on any atom is 0.119 e. The molecule has 0 amide bonds. The highest BCUT2D eigenvalue weighted by Gasteiger charge is 2.27. The second kappa shape index (κ2) is 11.0. The molecular formula is C31H32ClNO4. The van der Waals surface area contributed by atoms with Gasteiger partial charge in [-0.1, -0.05) is 42.8 Å². The normalized spacial score (nSPS) is 17.4. The SMILES string of the molecule is Cl.Oc1ccc2c(c1)COC(c1ccc(OCCN3CCCCC3)cc1)c1c-2ccc2cc(O)ccc12. The lowest BCUT2D eigenvalue weighted by Crippen LogP contribution is -2.33. The van der Waals surface area contributed by atoms with E-state index < -0.39 is 0 Å². The van der Waals surface area contributed by atoms with Crippen molar-refractivity contribution < 1.29 is 19.7 Å². The molecule has 0 spiro atoms. The molecule has 2 N–H and O–H groups in total. The van der Waals surface area contributed by atoms with E-state index in [1.54, 1.807) is 24.3 Å². The van der Waals surface area contributed by atoms with E-state index in [9.17, 15) is 10.2 Å². The van der Waals surface area contributed by atoms with Crippen LogP contribution in [-0.4, -0.2) is 41.4 Å². The zero-order chi connectivity index (χ0) is 24.5. The third kappa shape index (κ3) is 5.26. The molecule has 0 aromatic heterocycles. The number of piperidine rings is 1. The minimum absolute atomic E-state index is 0. The molecule has 4 aromatic rings. The molecule has 6 rings (SSSR count). The molecule has 1 atom stereocenters. The summed E-state index contributed by atoms with van der Waals surface area (Å²) >= 11 is 0. The van der Waals surface area contributed by atoms with Gasteiger partial charge in [0.05, 0.1) is 6.61 Å². The summed E-state index contributed by atoms with van der Waals surface area (Å²) in [6, 6.07) is 23.3. The number of phenolic OH excluding ortho intramolecular Hbond substituents is 2. The first kappa shape index (κ1) is 25.4. The van der Waals surface area contributed by atoms with Crippen molar-refractivity contribution in [1.82, 2.24) is 4.90 Å². The summed E-state index contributed by atoms with van der Waals surface area (Å²) in [6.45, 7) is 4.38. The van der Waals surface area contributed by atoms with Crippen LogP contribution >= 0.6 is 12.4 Å². The third-order valence-corrected chi connectivity index (χ3v) is 7.40. The standard InChI is InChI=1S/C31H31NO4.ClH/c33-24-8-13-28-22(18-24)6-11-29-27-12-7-25(34)19-23(27)20-36-31(30(28)29)21-4-9-26(10-5-21)35-17-16-32-14-2-1-3-15-32;/h4-13,18-19,31,33-34H,1-3,14-17,20H2;1H. The lowest BCUT2D eigenvalue weighted by molar-refractivity contribution is 0.0700. The monoisotopic (exact) mass is 517 g/mol. The smallest absolute Gasteiger partial charge is 0.119 e. The Morgan fingerprint density at radius 3 is 2.35 bits per heavy atom. The molecule has 1 fully saturated rings. The molecule has 2 aliphatic rings. The summed E-state index contributed by atoms with van der Waals surface area (Å²) in [4.78, 5) is 2.48. The van der Waals surface area contributed by atoms with Crippen LogP contribution in [0.25, 0.3) is 21.9 Å². The number of phenols is 2. The van der Waals surface area contributed by atoms with Gasteiger partial charge in [0.25, 0.3) is 0 Å². The average molecular weight is 518 g/mol. The Morgan fingerprint density at radius 1 is 0.811 bits per heavy atom. The summed E-state index contributed by atoms with van der Waals surface area (Å²) in [6.07, 6.45) is 3.61. The fraction of sp³-hybridized carbons (Fsp3) is 0.290. The van der Waals surface area contributed by atoms with Gasteiger partial charge in [-0.15, -0.1) is 12.4 Å². The second-order valence-corrected chi connectivity index (χ2v) is 9.78. The number of hydrogen-bond donors (Lipinski definition) is 2. The molecular weight excluding hydrogens is 486 g/mol. The van der Waals surface area contributed by atoms with Crippen LogP contribution in [0.1, 0.15) is 42.1 Å². The van der Waals surface area contributed by atoms with Crippen molar-refractivity contribution in [1.29, 1.82) is 0 Å². The molecule has 1 unspecified atom stereocenters. The van der Waals surface area contributed by atoms with E-state index in [2.05, 4.69) is 23.1 Å². The zero-order valence-electron chi connectivity index (χ0n) is 20.7. The van der Waals surface area contributed by atoms with Crippen LogP contribution in [0.3, 0.4) is 0 Å². The van der Waals surface area contributed by atoms with Gasteiger partial charge in [-0.25, -0.2) is 0 Å². The van der Waals surface area contributed by atoms with Crippen molar-refractivity contribution in [3.8, 4) is 28.4 Å². The summed E-state index contributed by atoms with van der Waals surface area (Å²) in [5.41, 5.74) is 5.19. The Morgan fingerprint density at radius 2 is 1.54 bits per heavy atom. The lowest BCUT2D eigenvalue weighted by atomic mass is 9.87. The molecule has 2 aliphatic heterocycles. The molecule has 5 nitrogen and oxygen atoms in total. The van der Waals surface area contributed by atoms with Crippen LogP contribution in [-0.2, 0) is 11.3 Å². The van der Waals surface area contributed by atoms with Gasteiger partial charge in [0.15, 0.2) is 0 Å². The molecule has 0 radical (unpaired) electrons. The molecule has 192 valence electrons. The van der Waals surface area contributed by atoms with Crippen molar-refractivity contribution >= 4 is 23.2 Å². The average Bonchev–Trinajstić information content (AvgIpc) is 3.06. The number of hydrogen-bond acceptors (Lipinski definition) is 5. The van der Waals surface area contributed by atoms with Gasteiger partial charge in [-0.3, -0.25) is 4.90 Å². The van der Waals surface area contributed by atoms with Crippen molar-refractivity contribution in [2.45, 2.75) is 32.0 Å². The minimum atomic E-state index is -0.301. The van der Waals surface area contributed by atoms with Crippen LogP contribution < -0.4 is 4.74 Å². The Labute approximate surface area is 223 Å². The lowest BCUT2D eigenvalue weighted by Gasteiger charge is -2.26. The summed E-state index contributed by atoms with van der Waals surface area (Å²) in [5, 5.41) is 22.2. The van der Waals surface area contributed by atoms with Crippen LogP contribution in [0.4, 0.5) is 0 Å². The van der Waals surface area contributed by atoms with E-state index in [1.807, 2.05) is 30.3 Å². The molecule has 0 bridgehead atoms. The number of halogens is 1. The van der Waals surface area contributed by atoms with E-state index in [-0.39, 0.29) is 30.0 Å². The Balaban J connectivity index is 0.00000280. The molecule has 6 heteroatoms. The van der Waals surface area contributed by atoms with Gasteiger partial charge in [-0.05, 0) is 95.4 Å². The van der Waals surface area contributed by atoms with Crippen LogP contribution in [0.15, 0.2) is 72.8 Å². The number of ether oxygens (including phenoxy) is 2. The first-order valence-electron chi connectivity index (χ1n) is 12.8. The van der Waals surface area contributed by atoms with Crippen LogP contribution in [0.2, 0.25) is 0 Å². The molecule has 0 aliphatic carbocycles. The van der Waals surface area contributed by atoms with Crippen molar-refractivity contribution in [2.75, 3.05) is 26.2 Å². The summed E-state index contributed by atoms with van der Waals surface area (Å²) < 4.78 is 12.6. The maximum atomic E-state index is 10.1. The first-order chi connectivity index (χ1) is 17.7. The summed E-state index contributed by atoms with van der Waals surface area (Å²) in [5.74, 6) is 1.33. The molecule has 0 saturated carbocycles. The van der Waals surface area contributed by atoms with E-state index in [0.29, 0.717) is 13.2 Å². The predicted molar refractivity (Wildman–Crippen MR) is 149 cm³/mol. The minimum Gasteiger partial charge on any atom is -0.508 e. The first-order valence-corrected chi connectivity index (χ1v) is 12.8. The fourth-order valence-corrected chi connectivity index (χ4v) is 5.55. The molecule has 4 aromatic carbocycles. The highest BCUT2D eigenvalue weighted by atomic mass is 35.5. The molecule has 2 heterocycles. The number of aromatic hydroxyl groups is 2. The van der Waals surface area contributed by atoms with Gasteiger partial charge in [-0.2, -0.15) is 0 Å². The predicted octanol–water partition coefficient (Wildman–Crippen LogP) is 6.82. The third-order valence-electron chi connectivity index (χ3n) is 7.40. The number of rotatable bonds is 5. The maximum absolute atomic E-state index is 10.1. The Bertz CT molecular complexity index is 1380. The zero-order valence-corrected chi connectivity index (χ0v) is 21.5. The van der Waals surface area contributed by atoms with E-state index in [1.165, 1.54) is 32.4 Å². The number of benzene rings is 4. The van der Waals surface area contributed by atoms with E-state index in [4.69, 9.17) is 9.47 Å². The quantitative estimate of drug-likeness (QED) is 0.304. The van der Waals surface area contributed by atoms with Gasteiger partial charge >= 0.3 is 0 Å². The highest BCUT2D eigenvalue weighted by molar-refractivity contribution is 5.94. The van der Waals surface area contributed by atoms with E-state index >= 15 is 0 Å². The topological polar surface area (TPSA) is 62.2 Å². The Kier molecular flexibility index (Phi) is 7.56. The molecule has 37 heavy (non-hydrogen) atoms. The van der Waals surface area contributed by atoms with Gasteiger partial charge in [0.1, 0.15) is 30.0 Å². The number of nitrogens with zero attached hydrogens (tertiary/aromatic N) is 1. The van der Waals surface area contributed by atoms with Gasteiger partial charge < -0.3 is 19.7 Å². The van der Waals surface area contributed by atoms with Crippen molar-refractivity contribution in [2.24, 2.45) is 0 Å². The number of likely N-dealkylation sites (tertiary alicyclic amines) is 1. The largest absolute Gasteiger partial charge is 0.508 e. The number of fused-ring (bicyclic) bond motifs is 5. The highest BCUT2D eigenvalue weighted by Crippen LogP contribution is 2.44. The van der Waals surface area contributed by atoms with Gasteiger partial charge in [0.2, 0.25) is 0 Å². The van der Waals surface area contributed by atoms with Crippen LogP contribution in [0.5, 0.6) is 17.2 Å². The fourth-order valence-electron chi connectivity index (χ4n) is 5.55.